The van der Waals surface area contributed by atoms with E-state index < -0.39 is 5.91 Å². The van der Waals surface area contributed by atoms with E-state index in [0.717, 1.165) is 11.6 Å². The van der Waals surface area contributed by atoms with Gasteiger partial charge in [-0.05, 0) is 42.7 Å². The van der Waals surface area contributed by atoms with Crippen molar-refractivity contribution in [3.63, 3.8) is 0 Å². The number of carbonyl (C=O) groups is 1. The molecule has 2 aromatic rings. The lowest BCUT2D eigenvalue weighted by Gasteiger charge is -2.09. The SMILES string of the molecule is Cc1cc(CNC(=O)c2ccc(O)cc2O)cc(C)c1F. The fourth-order valence-corrected chi connectivity index (χ4v) is 2.13. The summed E-state index contributed by atoms with van der Waals surface area (Å²) in [5.74, 6) is -1.12. The van der Waals surface area contributed by atoms with Crippen LogP contribution in [-0.4, -0.2) is 16.1 Å². The standard InChI is InChI=1S/C16H16FNO3/c1-9-5-11(6-10(2)15(9)17)8-18-16(21)13-4-3-12(19)7-14(13)20/h3-7,19-20H,8H2,1-2H3,(H,18,21). The molecule has 0 fully saturated rings. The van der Waals surface area contributed by atoms with Gasteiger partial charge in [0.25, 0.3) is 5.91 Å². The smallest absolute Gasteiger partial charge is 0.255 e. The van der Waals surface area contributed by atoms with Crippen LogP contribution < -0.4 is 5.32 Å². The van der Waals surface area contributed by atoms with Crippen LogP contribution in [0.2, 0.25) is 0 Å². The fourth-order valence-electron chi connectivity index (χ4n) is 2.13. The van der Waals surface area contributed by atoms with Gasteiger partial charge in [0.15, 0.2) is 0 Å². The summed E-state index contributed by atoms with van der Waals surface area (Å²) >= 11 is 0. The molecule has 0 saturated carbocycles. The molecule has 0 saturated heterocycles. The highest BCUT2D eigenvalue weighted by atomic mass is 19.1. The highest BCUT2D eigenvalue weighted by Crippen LogP contribution is 2.22. The van der Waals surface area contributed by atoms with Crippen molar-refractivity contribution in [1.29, 1.82) is 0 Å². The number of benzene rings is 2. The first-order chi connectivity index (χ1) is 9.88. The number of nitrogens with one attached hydrogen (secondary N) is 1. The third-order valence-corrected chi connectivity index (χ3v) is 3.18. The number of carbonyl (C=O) groups excluding carboxylic acids is 1. The topological polar surface area (TPSA) is 69.6 Å². The van der Waals surface area contributed by atoms with Crippen molar-refractivity contribution in [3.05, 3.63) is 58.4 Å². The molecule has 3 N–H and O–H groups in total. The number of rotatable bonds is 3. The van der Waals surface area contributed by atoms with E-state index in [9.17, 15) is 19.4 Å². The number of aromatic hydroxyl groups is 2. The Bertz CT molecular complexity index is 675. The van der Waals surface area contributed by atoms with Gasteiger partial charge >= 0.3 is 0 Å². The lowest BCUT2D eigenvalue weighted by Crippen LogP contribution is -2.23. The van der Waals surface area contributed by atoms with Crippen LogP contribution in [0.1, 0.15) is 27.0 Å². The molecule has 0 aromatic heterocycles. The molecule has 110 valence electrons. The molecule has 0 aliphatic rings. The van der Waals surface area contributed by atoms with Crippen LogP contribution in [-0.2, 0) is 6.54 Å². The number of phenols is 2. The summed E-state index contributed by atoms with van der Waals surface area (Å²) in [6, 6.07) is 7.08. The van der Waals surface area contributed by atoms with Gasteiger partial charge in [-0.15, -0.1) is 0 Å². The minimum atomic E-state index is -0.466. The van der Waals surface area contributed by atoms with Crippen LogP contribution in [0.25, 0.3) is 0 Å². The van der Waals surface area contributed by atoms with Crippen molar-refractivity contribution in [2.45, 2.75) is 20.4 Å². The highest BCUT2D eigenvalue weighted by Gasteiger charge is 2.12. The predicted molar refractivity (Wildman–Crippen MR) is 76.8 cm³/mol. The zero-order chi connectivity index (χ0) is 15.6. The molecule has 0 atom stereocenters. The van der Waals surface area contributed by atoms with Crippen molar-refractivity contribution in [2.24, 2.45) is 0 Å². The van der Waals surface area contributed by atoms with Crippen LogP contribution in [0.5, 0.6) is 11.5 Å². The summed E-state index contributed by atoms with van der Waals surface area (Å²) in [5, 5.41) is 21.4. The van der Waals surface area contributed by atoms with E-state index in [1.165, 1.54) is 12.1 Å². The molecule has 0 radical (unpaired) electrons. The number of aryl methyl sites for hydroxylation is 2. The molecule has 0 spiro atoms. The molecule has 2 aromatic carbocycles. The van der Waals surface area contributed by atoms with Crippen LogP contribution in [0, 0.1) is 19.7 Å². The van der Waals surface area contributed by atoms with Gasteiger partial charge in [0.2, 0.25) is 0 Å². The fraction of sp³-hybridized carbons (Fsp3) is 0.188. The Morgan fingerprint density at radius 1 is 1.14 bits per heavy atom. The van der Waals surface area contributed by atoms with Gasteiger partial charge in [-0.25, -0.2) is 4.39 Å². The van der Waals surface area contributed by atoms with E-state index in [1.54, 1.807) is 26.0 Å². The number of phenolic OH excluding ortho intramolecular Hbond substituents is 2. The van der Waals surface area contributed by atoms with Gasteiger partial charge in [0.1, 0.15) is 17.3 Å². The number of halogens is 1. The van der Waals surface area contributed by atoms with E-state index in [1.807, 2.05) is 0 Å². The summed E-state index contributed by atoms with van der Waals surface area (Å²) in [6.45, 7) is 3.56. The van der Waals surface area contributed by atoms with E-state index in [0.29, 0.717) is 11.1 Å². The molecule has 0 bridgehead atoms. The largest absolute Gasteiger partial charge is 0.508 e. The van der Waals surface area contributed by atoms with Crippen LogP contribution in [0.4, 0.5) is 4.39 Å². The Morgan fingerprint density at radius 2 is 1.76 bits per heavy atom. The summed E-state index contributed by atoms with van der Waals surface area (Å²) in [7, 11) is 0. The molecule has 0 unspecified atom stereocenters. The third-order valence-electron chi connectivity index (χ3n) is 3.18. The zero-order valence-corrected chi connectivity index (χ0v) is 11.8. The normalized spacial score (nSPS) is 10.4. The van der Waals surface area contributed by atoms with Crippen molar-refractivity contribution >= 4 is 5.91 Å². The van der Waals surface area contributed by atoms with E-state index in [4.69, 9.17) is 0 Å². The molecule has 0 aliphatic carbocycles. The van der Waals surface area contributed by atoms with E-state index in [2.05, 4.69) is 5.32 Å². The van der Waals surface area contributed by atoms with Crippen LogP contribution in [0.15, 0.2) is 30.3 Å². The van der Waals surface area contributed by atoms with Crippen molar-refractivity contribution < 1.29 is 19.4 Å². The monoisotopic (exact) mass is 289 g/mol. The second-order valence-electron chi connectivity index (χ2n) is 4.93. The Labute approximate surface area is 121 Å². The second kappa shape index (κ2) is 5.83. The molecule has 5 heteroatoms. The van der Waals surface area contributed by atoms with Gasteiger partial charge in [0, 0.05) is 12.6 Å². The lowest BCUT2D eigenvalue weighted by molar-refractivity contribution is 0.0948. The maximum atomic E-state index is 13.5. The van der Waals surface area contributed by atoms with Crippen LogP contribution >= 0.6 is 0 Å². The minimum absolute atomic E-state index is 0.0726. The number of hydrogen-bond acceptors (Lipinski definition) is 3. The molecular formula is C16H16FNO3. The lowest BCUT2D eigenvalue weighted by atomic mass is 10.1. The van der Waals surface area contributed by atoms with Gasteiger partial charge < -0.3 is 15.5 Å². The van der Waals surface area contributed by atoms with Crippen molar-refractivity contribution in [1.82, 2.24) is 5.32 Å². The van der Waals surface area contributed by atoms with Gasteiger partial charge in [-0.1, -0.05) is 12.1 Å². The molecular weight excluding hydrogens is 273 g/mol. The van der Waals surface area contributed by atoms with E-state index in [-0.39, 0.29) is 29.4 Å². The zero-order valence-electron chi connectivity index (χ0n) is 11.8. The summed E-state index contributed by atoms with van der Waals surface area (Å²) in [5.41, 5.74) is 1.89. The second-order valence-corrected chi connectivity index (χ2v) is 4.93. The molecule has 1 amide bonds. The molecule has 0 heterocycles. The average molecular weight is 289 g/mol. The molecule has 2 rings (SSSR count). The Balaban J connectivity index is 2.11. The van der Waals surface area contributed by atoms with Crippen molar-refractivity contribution in [3.8, 4) is 11.5 Å². The predicted octanol–water partition coefficient (Wildman–Crippen LogP) is 2.78. The quantitative estimate of drug-likeness (QED) is 0.813. The van der Waals surface area contributed by atoms with E-state index >= 15 is 0 Å². The molecule has 21 heavy (non-hydrogen) atoms. The molecule has 4 nitrogen and oxygen atoms in total. The average Bonchev–Trinajstić information content (AvgIpc) is 2.42. The third kappa shape index (κ3) is 3.31. The Kier molecular flexibility index (Phi) is 4.12. The van der Waals surface area contributed by atoms with Gasteiger partial charge in [-0.3, -0.25) is 4.79 Å². The van der Waals surface area contributed by atoms with Gasteiger partial charge in [-0.2, -0.15) is 0 Å². The Morgan fingerprint density at radius 3 is 2.33 bits per heavy atom. The highest BCUT2D eigenvalue weighted by molar-refractivity contribution is 5.96. The first kappa shape index (κ1) is 14.8. The first-order valence-electron chi connectivity index (χ1n) is 6.44. The molecule has 0 aliphatic heterocycles. The number of amides is 1. The maximum absolute atomic E-state index is 13.5. The summed E-state index contributed by atoms with van der Waals surface area (Å²) in [6.07, 6.45) is 0. The Hall–Kier alpha value is -2.56. The first-order valence-corrected chi connectivity index (χ1v) is 6.44. The van der Waals surface area contributed by atoms with Crippen molar-refractivity contribution in [2.75, 3.05) is 0 Å². The summed E-state index contributed by atoms with van der Waals surface area (Å²) < 4.78 is 13.5. The maximum Gasteiger partial charge on any atom is 0.255 e. The number of hydrogen-bond donors (Lipinski definition) is 3. The minimum Gasteiger partial charge on any atom is -0.508 e. The van der Waals surface area contributed by atoms with Gasteiger partial charge in [0.05, 0.1) is 5.56 Å². The van der Waals surface area contributed by atoms with Crippen LogP contribution in [0.3, 0.4) is 0 Å². The summed E-state index contributed by atoms with van der Waals surface area (Å²) in [4.78, 5) is 12.0.